The van der Waals surface area contributed by atoms with Gasteiger partial charge in [-0.2, -0.15) is 0 Å². The SMILES string of the molecule is O=[N+]([O-])c1ccc(C2=NCCON2)o1. The zero-order valence-corrected chi connectivity index (χ0v) is 7.10. The molecule has 7 heteroatoms. The van der Waals surface area contributed by atoms with Gasteiger partial charge in [0.1, 0.15) is 4.92 Å². The molecule has 0 amide bonds. The van der Waals surface area contributed by atoms with Crippen molar-refractivity contribution in [2.45, 2.75) is 0 Å². The number of rotatable bonds is 2. The molecule has 0 radical (unpaired) electrons. The quantitative estimate of drug-likeness (QED) is 0.549. The van der Waals surface area contributed by atoms with Crippen molar-refractivity contribution in [1.29, 1.82) is 0 Å². The maximum absolute atomic E-state index is 10.3. The fourth-order valence-electron chi connectivity index (χ4n) is 1.04. The zero-order valence-electron chi connectivity index (χ0n) is 7.10. The van der Waals surface area contributed by atoms with E-state index in [1.165, 1.54) is 12.1 Å². The number of furan rings is 1. The Hall–Kier alpha value is -1.89. The minimum absolute atomic E-state index is 0.302. The van der Waals surface area contributed by atoms with Gasteiger partial charge in [0.25, 0.3) is 0 Å². The summed E-state index contributed by atoms with van der Waals surface area (Å²) < 4.78 is 4.91. The van der Waals surface area contributed by atoms with E-state index in [9.17, 15) is 10.1 Å². The molecule has 0 aromatic carbocycles. The normalized spacial score (nSPS) is 15.9. The Morgan fingerprint density at radius 3 is 3.00 bits per heavy atom. The molecule has 0 fully saturated rings. The highest BCUT2D eigenvalue weighted by Gasteiger charge is 2.17. The molecule has 14 heavy (non-hydrogen) atoms. The molecule has 0 atom stereocenters. The van der Waals surface area contributed by atoms with Gasteiger partial charge in [0, 0.05) is 0 Å². The van der Waals surface area contributed by atoms with Crippen LogP contribution in [0.25, 0.3) is 0 Å². The molecule has 0 bridgehead atoms. The Kier molecular flexibility index (Phi) is 2.15. The second-order valence-corrected chi connectivity index (χ2v) is 2.58. The van der Waals surface area contributed by atoms with Gasteiger partial charge in [-0.05, 0) is 6.07 Å². The lowest BCUT2D eigenvalue weighted by molar-refractivity contribution is -0.402. The summed E-state index contributed by atoms with van der Waals surface area (Å²) in [7, 11) is 0. The summed E-state index contributed by atoms with van der Waals surface area (Å²) in [5.41, 5.74) is 2.52. The first-order valence-electron chi connectivity index (χ1n) is 3.94. The van der Waals surface area contributed by atoms with Crippen LogP contribution >= 0.6 is 0 Å². The molecule has 7 nitrogen and oxygen atoms in total. The number of hydrogen-bond donors (Lipinski definition) is 1. The standard InChI is InChI=1S/C7H7N3O4/c11-10(12)6-2-1-5(14-6)7-8-3-4-13-9-7/h1-2H,3-4H2,(H,8,9). The summed E-state index contributed by atoms with van der Waals surface area (Å²) in [4.78, 5) is 18.6. The predicted octanol–water partition coefficient (Wildman–Crippen LogP) is 0.469. The molecule has 2 rings (SSSR count). The first kappa shape index (κ1) is 8.70. The topological polar surface area (TPSA) is 89.9 Å². The second-order valence-electron chi connectivity index (χ2n) is 2.58. The second kappa shape index (κ2) is 3.46. The minimum Gasteiger partial charge on any atom is -0.397 e. The predicted molar refractivity (Wildman–Crippen MR) is 45.9 cm³/mol. The number of aliphatic imine (C=N–C) groups is 1. The van der Waals surface area contributed by atoms with Gasteiger partial charge in [-0.3, -0.25) is 19.9 Å². The average Bonchev–Trinajstić information content (AvgIpc) is 2.68. The zero-order chi connectivity index (χ0) is 9.97. The van der Waals surface area contributed by atoms with Gasteiger partial charge in [0.2, 0.25) is 0 Å². The van der Waals surface area contributed by atoms with E-state index >= 15 is 0 Å². The number of hydrogen-bond acceptors (Lipinski definition) is 6. The summed E-state index contributed by atoms with van der Waals surface area (Å²) >= 11 is 0. The molecule has 0 spiro atoms. The summed E-state index contributed by atoms with van der Waals surface area (Å²) in [5, 5.41) is 10.3. The van der Waals surface area contributed by atoms with Gasteiger partial charge in [-0.1, -0.05) is 0 Å². The van der Waals surface area contributed by atoms with Crippen LogP contribution in [0.15, 0.2) is 21.5 Å². The molecule has 0 saturated carbocycles. The molecule has 2 heterocycles. The first-order valence-corrected chi connectivity index (χ1v) is 3.94. The largest absolute Gasteiger partial charge is 0.433 e. The smallest absolute Gasteiger partial charge is 0.397 e. The van der Waals surface area contributed by atoms with Crippen LogP contribution in [0.1, 0.15) is 5.76 Å². The van der Waals surface area contributed by atoms with Crippen molar-refractivity contribution in [3.05, 3.63) is 28.0 Å². The van der Waals surface area contributed by atoms with Crippen molar-refractivity contribution in [2.75, 3.05) is 13.2 Å². The summed E-state index contributed by atoms with van der Waals surface area (Å²) in [6, 6.07) is 2.74. The lowest BCUT2D eigenvalue weighted by Crippen LogP contribution is -2.30. The third-order valence-electron chi connectivity index (χ3n) is 1.64. The maximum Gasteiger partial charge on any atom is 0.433 e. The van der Waals surface area contributed by atoms with Crippen LogP contribution in [0.3, 0.4) is 0 Å². The van der Waals surface area contributed by atoms with E-state index in [4.69, 9.17) is 9.25 Å². The van der Waals surface area contributed by atoms with E-state index in [0.717, 1.165) is 0 Å². The van der Waals surface area contributed by atoms with Crippen LogP contribution in [0.4, 0.5) is 5.88 Å². The van der Waals surface area contributed by atoms with Crippen molar-refractivity contribution in [2.24, 2.45) is 4.99 Å². The third-order valence-corrected chi connectivity index (χ3v) is 1.64. The van der Waals surface area contributed by atoms with Gasteiger partial charge >= 0.3 is 5.88 Å². The van der Waals surface area contributed by atoms with E-state index < -0.39 is 4.92 Å². The number of hydroxylamine groups is 1. The van der Waals surface area contributed by atoms with Gasteiger partial charge in [0.15, 0.2) is 11.6 Å². The fraction of sp³-hybridized carbons (Fsp3) is 0.286. The first-order chi connectivity index (χ1) is 6.77. The summed E-state index contributed by atoms with van der Waals surface area (Å²) in [5.74, 6) is 0.371. The molecule has 1 aliphatic rings. The molecule has 1 aliphatic heterocycles. The molecule has 0 saturated heterocycles. The van der Waals surface area contributed by atoms with E-state index in [2.05, 4.69) is 10.5 Å². The van der Waals surface area contributed by atoms with E-state index in [1.807, 2.05) is 0 Å². The number of nitrogens with one attached hydrogen (secondary N) is 1. The van der Waals surface area contributed by atoms with Crippen molar-refractivity contribution >= 4 is 11.7 Å². The molecule has 0 unspecified atom stereocenters. The third kappa shape index (κ3) is 1.57. The van der Waals surface area contributed by atoms with Crippen LogP contribution < -0.4 is 5.48 Å². The molecular formula is C7H7N3O4. The fourth-order valence-corrected chi connectivity index (χ4v) is 1.04. The maximum atomic E-state index is 10.3. The Labute approximate surface area is 78.5 Å². The number of nitrogens with zero attached hydrogens (tertiary/aromatic N) is 2. The van der Waals surface area contributed by atoms with E-state index in [1.54, 1.807) is 0 Å². The summed E-state index contributed by atoms with van der Waals surface area (Å²) in [6.45, 7) is 0.989. The van der Waals surface area contributed by atoms with Crippen LogP contribution in [-0.2, 0) is 4.84 Å². The lowest BCUT2D eigenvalue weighted by Gasteiger charge is -2.11. The van der Waals surface area contributed by atoms with Crippen LogP contribution in [0, 0.1) is 10.1 Å². The van der Waals surface area contributed by atoms with Crippen molar-refractivity contribution in [1.82, 2.24) is 5.48 Å². The van der Waals surface area contributed by atoms with Gasteiger partial charge in [-0.15, -0.1) is 0 Å². The number of nitro groups is 1. The Bertz CT molecular complexity index is 384. The van der Waals surface area contributed by atoms with Crippen molar-refractivity contribution < 1.29 is 14.2 Å². The van der Waals surface area contributed by atoms with Gasteiger partial charge in [-0.25, -0.2) is 5.48 Å². The molecule has 1 N–H and O–H groups in total. The van der Waals surface area contributed by atoms with Crippen LogP contribution in [-0.4, -0.2) is 23.9 Å². The van der Waals surface area contributed by atoms with Crippen molar-refractivity contribution in [3.63, 3.8) is 0 Å². The molecule has 1 aromatic heterocycles. The van der Waals surface area contributed by atoms with Crippen LogP contribution in [0.2, 0.25) is 0 Å². The van der Waals surface area contributed by atoms with Crippen LogP contribution in [0.5, 0.6) is 0 Å². The lowest BCUT2D eigenvalue weighted by atomic mass is 10.4. The van der Waals surface area contributed by atoms with Crippen molar-refractivity contribution in [3.8, 4) is 0 Å². The highest BCUT2D eigenvalue weighted by atomic mass is 16.7. The molecule has 74 valence electrons. The van der Waals surface area contributed by atoms with E-state index in [0.29, 0.717) is 24.7 Å². The molecular weight excluding hydrogens is 190 g/mol. The highest BCUT2D eigenvalue weighted by molar-refractivity contribution is 5.96. The minimum atomic E-state index is -0.603. The average molecular weight is 197 g/mol. The Morgan fingerprint density at radius 2 is 2.43 bits per heavy atom. The summed E-state index contributed by atoms with van der Waals surface area (Å²) in [6.07, 6.45) is 0. The Balaban J connectivity index is 2.23. The molecule has 1 aromatic rings. The number of amidine groups is 1. The monoisotopic (exact) mass is 197 g/mol. The molecule has 0 aliphatic carbocycles. The Morgan fingerprint density at radius 1 is 1.57 bits per heavy atom. The van der Waals surface area contributed by atoms with Gasteiger partial charge in [0.05, 0.1) is 19.2 Å². The van der Waals surface area contributed by atoms with Gasteiger partial charge < -0.3 is 4.42 Å². The van der Waals surface area contributed by atoms with E-state index in [-0.39, 0.29) is 5.88 Å². The highest BCUT2D eigenvalue weighted by Crippen LogP contribution is 2.16.